The van der Waals surface area contributed by atoms with Crippen LogP contribution in [0, 0.1) is 5.82 Å². The molecule has 152 valence electrons. The maximum Gasteiger partial charge on any atom is 0.418 e. The molecule has 0 bridgehead atoms. The van der Waals surface area contributed by atoms with Gasteiger partial charge in [0.05, 0.1) is 18.8 Å². The van der Waals surface area contributed by atoms with Gasteiger partial charge in [0.1, 0.15) is 5.82 Å². The summed E-state index contributed by atoms with van der Waals surface area (Å²) in [6.45, 7) is 4.39. The smallest absolute Gasteiger partial charge is 0.385 e. The molecule has 0 unspecified atom stereocenters. The highest BCUT2D eigenvalue weighted by Gasteiger charge is 2.33. The molecule has 0 spiro atoms. The Balaban J connectivity index is 1.62. The van der Waals surface area contributed by atoms with Crippen LogP contribution >= 0.6 is 0 Å². The molecule has 4 nitrogen and oxygen atoms in total. The molecule has 0 radical (unpaired) electrons. The van der Waals surface area contributed by atoms with Crippen molar-refractivity contribution in [3.63, 3.8) is 0 Å². The molecule has 0 saturated carbocycles. The van der Waals surface area contributed by atoms with Gasteiger partial charge < -0.3 is 15.4 Å². The van der Waals surface area contributed by atoms with Gasteiger partial charge in [-0.3, -0.25) is 4.90 Å². The number of nitrogens with one attached hydrogen (secondary N) is 2. The highest BCUT2D eigenvalue weighted by Crippen LogP contribution is 2.37. The van der Waals surface area contributed by atoms with Crippen LogP contribution in [0.5, 0.6) is 0 Å². The number of alkyl halides is 3. The van der Waals surface area contributed by atoms with Crippen molar-refractivity contribution in [3.05, 3.63) is 53.8 Å². The molecule has 8 heteroatoms. The van der Waals surface area contributed by atoms with Crippen LogP contribution in [0.25, 0.3) is 0 Å². The minimum Gasteiger partial charge on any atom is -0.385 e. The first-order chi connectivity index (χ1) is 13.4. The minimum absolute atomic E-state index is 0.0548. The zero-order valence-electron chi connectivity index (χ0n) is 15.4. The van der Waals surface area contributed by atoms with E-state index >= 15 is 0 Å². The van der Waals surface area contributed by atoms with E-state index in [9.17, 15) is 17.6 Å². The molecule has 1 fully saturated rings. The Morgan fingerprint density at radius 2 is 1.64 bits per heavy atom. The number of hydrogen-bond donors (Lipinski definition) is 2. The lowest BCUT2D eigenvalue weighted by Gasteiger charge is -2.26. The van der Waals surface area contributed by atoms with E-state index in [0.717, 1.165) is 32.1 Å². The normalized spacial score (nSPS) is 15.4. The summed E-state index contributed by atoms with van der Waals surface area (Å²) in [4.78, 5) is 2.24. The van der Waals surface area contributed by atoms with Gasteiger partial charge in [0, 0.05) is 36.7 Å². The fraction of sp³-hybridized carbons (Fsp3) is 0.400. The maximum absolute atomic E-state index is 13.5. The Morgan fingerprint density at radius 3 is 2.32 bits per heavy atom. The summed E-state index contributed by atoms with van der Waals surface area (Å²) in [5.74, 6) is -0.404. The van der Waals surface area contributed by atoms with E-state index in [1.807, 2.05) is 0 Å². The van der Waals surface area contributed by atoms with Crippen LogP contribution in [0.2, 0.25) is 0 Å². The number of halogens is 4. The van der Waals surface area contributed by atoms with Crippen molar-refractivity contribution >= 4 is 17.1 Å². The molecule has 3 rings (SSSR count). The summed E-state index contributed by atoms with van der Waals surface area (Å²) in [6, 6.07) is 9.50. The predicted octanol–water partition coefficient (Wildman–Crippen LogP) is 4.72. The van der Waals surface area contributed by atoms with Crippen molar-refractivity contribution in [2.75, 3.05) is 50.0 Å². The summed E-state index contributed by atoms with van der Waals surface area (Å²) in [6.07, 6.45) is -3.74. The van der Waals surface area contributed by atoms with Crippen molar-refractivity contribution < 1.29 is 22.3 Å². The third-order valence-corrected chi connectivity index (χ3v) is 4.53. The van der Waals surface area contributed by atoms with E-state index in [1.165, 1.54) is 30.3 Å². The highest BCUT2D eigenvalue weighted by atomic mass is 19.4. The Kier molecular flexibility index (Phi) is 6.74. The molecular weight excluding hydrogens is 374 g/mol. The average molecular weight is 397 g/mol. The molecule has 1 saturated heterocycles. The van der Waals surface area contributed by atoms with Gasteiger partial charge in [0.2, 0.25) is 0 Å². The van der Waals surface area contributed by atoms with Crippen molar-refractivity contribution in [3.8, 4) is 0 Å². The van der Waals surface area contributed by atoms with Gasteiger partial charge in [0.25, 0.3) is 0 Å². The topological polar surface area (TPSA) is 36.5 Å². The SMILES string of the molecule is Fc1ccc(Nc2ccc(NCCCN3CCOCC3)c(C(F)(F)F)c2)cc1. The zero-order valence-corrected chi connectivity index (χ0v) is 15.4. The van der Waals surface area contributed by atoms with Crippen LogP contribution in [0.3, 0.4) is 0 Å². The maximum atomic E-state index is 13.5. The van der Waals surface area contributed by atoms with Crippen molar-refractivity contribution in [2.24, 2.45) is 0 Å². The van der Waals surface area contributed by atoms with E-state index in [-0.39, 0.29) is 11.4 Å². The van der Waals surface area contributed by atoms with Gasteiger partial charge in [-0.25, -0.2) is 4.39 Å². The largest absolute Gasteiger partial charge is 0.418 e. The standard InChI is InChI=1S/C20H23F4N3O/c21-15-2-4-16(5-3-15)26-17-6-7-19(18(14-17)20(22,23)24)25-8-1-9-27-10-12-28-13-11-27/h2-7,14,25-26H,1,8-13H2. The monoisotopic (exact) mass is 397 g/mol. The van der Waals surface area contributed by atoms with Gasteiger partial charge in [-0.1, -0.05) is 0 Å². The van der Waals surface area contributed by atoms with Crippen LogP contribution in [-0.2, 0) is 10.9 Å². The third kappa shape index (κ3) is 5.84. The molecule has 0 aromatic heterocycles. The number of ether oxygens (including phenoxy) is 1. The second-order valence-electron chi connectivity index (χ2n) is 6.62. The second kappa shape index (κ2) is 9.25. The molecule has 2 aromatic rings. The Hall–Kier alpha value is -2.32. The van der Waals surface area contributed by atoms with Gasteiger partial charge in [-0.2, -0.15) is 13.2 Å². The van der Waals surface area contributed by atoms with E-state index in [4.69, 9.17) is 4.74 Å². The molecule has 28 heavy (non-hydrogen) atoms. The summed E-state index contributed by atoms with van der Waals surface area (Å²) in [7, 11) is 0. The molecular formula is C20H23F4N3O. The first kappa shape index (κ1) is 20.4. The molecule has 0 amide bonds. The number of anilines is 3. The number of rotatable bonds is 7. The number of benzene rings is 2. The van der Waals surface area contributed by atoms with Crippen LogP contribution in [-0.4, -0.2) is 44.3 Å². The third-order valence-electron chi connectivity index (χ3n) is 4.53. The van der Waals surface area contributed by atoms with E-state index in [2.05, 4.69) is 15.5 Å². The lowest BCUT2D eigenvalue weighted by Crippen LogP contribution is -2.37. The Bertz CT molecular complexity index is 759. The van der Waals surface area contributed by atoms with Crippen LogP contribution in [0.15, 0.2) is 42.5 Å². The van der Waals surface area contributed by atoms with Crippen molar-refractivity contribution in [1.29, 1.82) is 0 Å². The van der Waals surface area contributed by atoms with Crippen molar-refractivity contribution in [1.82, 2.24) is 4.90 Å². The van der Waals surface area contributed by atoms with Gasteiger partial charge >= 0.3 is 6.18 Å². The number of morpholine rings is 1. The van der Waals surface area contributed by atoms with Crippen LogP contribution in [0.4, 0.5) is 34.6 Å². The first-order valence-corrected chi connectivity index (χ1v) is 9.19. The Morgan fingerprint density at radius 1 is 0.964 bits per heavy atom. The van der Waals surface area contributed by atoms with Gasteiger partial charge in [-0.15, -0.1) is 0 Å². The van der Waals surface area contributed by atoms with Gasteiger partial charge in [0.15, 0.2) is 0 Å². The average Bonchev–Trinajstić information content (AvgIpc) is 2.68. The molecule has 1 heterocycles. The summed E-state index contributed by atoms with van der Waals surface area (Å²) >= 11 is 0. The molecule has 2 aromatic carbocycles. The molecule has 2 N–H and O–H groups in total. The summed E-state index contributed by atoms with van der Waals surface area (Å²) < 4.78 is 58.7. The predicted molar refractivity (Wildman–Crippen MR) is 101 cm³/mol. The second-order valence-corrected chi connectivity index (χ2v) is 6.62. The van der Waals surface area contributed by atoms with Crippen LogP contribution in [0.1, 0.15) is 12.0 Å². The van der Waals surface area contributed by atoms with E-state index in [0.29, 0.717) is 25.4 Å². The number of hydrogen-bond acceptors (Lipinski definition) is 4. The number of nitrogens with zero attached hydrogens (tertiary/aromatic N) is 1. The van der Waals surface area contributed by atoms with E-state index < -0.39 is 17.6 Å². The van der Waals surface area contributed by atoms with Crippen LogP contribution < -0.4 is 10.6 Å². The zero-order chi connectivity index (χ0) is 20.0. The molecule has 0 aliphatic carbocycles. The molecule has 0 atom stereocenters. The lowest BCUT2D eigenvalue weighted by atomic mass is 10.1. The first-order valence-electron chi connectivity index (χ1n) is 9.19. The fourth-order valence-electron chi connectivity index (χ4n) is 3.06. The van der Waals surface area contributed by atoms with E-state index in [1.54, 1.807) is 6.07 Å². The van der Waals surface area contributed by atoms with Crippen molar-refractivity contribution in [2.45, 2.75) is 12.6 Å². The fourth-order valence-corrected chi connectivity index (χ4v) is 3.06. The van der Waals surface area contributed by atoms with Gasteiger partial charge in [-0.05, 0) is 55.4 Å². The minimum atomic E-state index is -4.48. The summed E-state index contributed by atoms with van der Waals surface area (Å²) in [5, 5.41) is 5.77. The highest BCUT2D eigenvalue weighted by molar-refractivity contribution is 5.66. The summed E-state index contributed by atoms with van der Waals surface area (Å²) in [5.41, 5.74) is 0.128. The molecule has 1 aliphatic rings. The quantitative estimate of drug-likeness (QED) is 0.524. The Labute approximate surface area is 161 Å². The molecule has 1 aliphatic heterocycles. The lowest BCUT2D eigenvalue weighted by molar-refractivity contribution is -0.136.